The number of aliphatic hydroxyl groups is 1. The maximum atomic E-state index is 10.2. The minimum atomic E-state index is -1.29. The molecule has 1 aliphatic rings. The summed E-state index contributed by atoms with van der Waals surface area (Å²) in [5.74, 6) is -1.29. The highest BCUT2D eigenvalue weighted by molar-refractivity contribution is 5.20. The van der Waals surface area contributed by atoms with E-state index in [0.29, 0.717) is 6.42 Å². The molecular formula is C12H16O3. The van der Waals surface area contributed by atoms with Crippen molar-refractivity contribution in [2.75, 3.05) is 0 Å². The van der Waals surface area contributed by atoms with E-state index < -0.39 is 5.79 Å². The maximum Gasteiger partial charge on any atom is 0.225 e. The van der Waals surface area contributed by atoms with Gasteiger partial charge in [0.1, 0.15) is 0 Å². The molecule has 0 aromatic heterocycles. The van der Waals surface area contributed by atoms with Crippen LogP contribution in [-0.2, 0) is 15.6 Å². The van der Waals surface area contributed by atoms with Crippen LogP contribution in [-0.4, -0.2) is 10.7 Å². The average molecular weight is 208 g/mol. The van der Waals surface area contributed by atoms with Crippen LogP contribution in [0.15, 0.2) is 30.3 Å². The summed E-state index contributed by atoms with van der Waals surface area (Å²) in [5, 5.41) is 10.2. The van der Waals surface area contributed by atoms with E-state index in [1.54, 1.807) is 0 Å². The first-order chi connectivity index (χ1) is 7.02. The molecule has 1 heterocycles. The molecule has 1 unspecified atom stereocenters. The van der Waals surface area contributed by atoms with Crippen LogP contribution in [0.3, 0.4) is 0 Å². The quantitative estimate of drug-likeness (QED) is 0.720. The molecule has 3 nitrogen and oxygen atoms in total. The van der Waals surface area contributed by atoms with Crippen molar-refractivity contribution in [3.05, 3.63) is 35.9 Å². The van der Waals surface area contributed by atoms with E-state index in [2.05, 4.69) is 0 Å². The number of hydrogen-bond acceptors (Lipinski definition) is 3. The minimum absolute atomic E-state index is 0.318. The van der Waals surface area contributed by atoms with Crippen molar-refractivity contribution < 1.29 is 14.9 Å². The van der Waals surface area contributed by atoms with Gasteiger partial charge in [0.2, 0.25) is 5.79 Å². The van der Waals surface area contributed by atoms with Gasteiger partial charge in [-0.15, -0.1) is 0 Å². The van der Waals surface area contributed by atoms with Gasteiger partial charge in [-0.05, 0) is 20.3 Å². The molecule has 0 aliphatic carbocycles. The molecule has 1 aromatic rings. The van der Waals surface area contributed by atoms with Crippen LogP contribution in [0.25, 0.3) is 0 Å². The summed E-state index contributed by atoms with van der Waals surface area (Å²) >= 11 is 0. The summed E-state index contributed by atoms with van der Waals surface area (Å²) in [6.45, 7) is 3.88. The number of rotatable bonds is 1. The molecular weight excluding hydrogens is 192 g/mol. The Morgan fingerprint density at radius 2 is 1.73 bits per heavy atom. The zero-order valence-corrected chi connectivity index (χ0v) is 9.06. The molecule has 1 aliphatic heterocycles. The fourth-order valence-corrected chi connectivity index (χ4v) is 1.63. The second-order valence-electron chi connectivity index (χ2n) is 4.58. The van der Waals surface area contributed by atoms with Crippen LogP contribution < -0.4 is 0 Å². The Morgan fingerprint density at radius 1 is 1.07 bits per heavy atom. The normalized spacial score (nSPS) is 30.1. The van der Waals surface area contributed by atoms with E-state index in [1.807, 2.05) is 44.2 Å². The first-order valence-electron chi connectivity index (χ1n) is 5.17. The predicted molar refractivity (Wildman–Crippen MR) is 55.8 cm³/mol. The summed E-state index contributed by atoms with van der Waals surface area (Å²) < 4.78 is 0. The van der Waals surface area contributed by atoms with Crippen molar-refractivity contribution in [3.63, 3.8) is 0 Å². The van der Waals surface area contributed by atoms with Crippen LogP contribution in [0, 0.1) is 0 Å². The first kappa shape index (κ1) is 10.6. The Morgan fingerprint density at radius 3 is 2.27 bits per heavy atom. The fourth-order valence-electron chi connectivity index (χ4n) is 1.63. The van der Waals surface area contributed by atoms with Crippen LogP contribution in [0.4, 0.5) is 0 Å². The molecule has 2 rings (SSSR count). The van der Waals surface area contributed by atoms with Gasteiger partial charge in [-0.25, -0.2) is 4.89 Å². The molecule has 0 spiro atoms. The summed E-state index contributed by atoms with van der Waals surface area (Å²) in [5.41, 5.74) is 0.418. The van der Waals surface area contributed by atoms with Gasteiger partial charge in [-0.2, -0.15) is 4.89 Å². The van der Waals surface area contributed by atoms with Crippen LogP contribution in [0.1, 0.15) is 32.3 Å². The highest BCUT2D eigenvalue weighted by atomic mass is 17.2. The molecule has 0 radical (unpaired) electrons. The molecule has 1 aromatic carbocycles. The Balaban J connectivity index is 2.17. The van der Waals surface area contributed by atoms with Gasteiger partial charge in [-0.3, -0.25) is 0 Å². The van der Waals surface area contributed by atoms with E-state index in [0.717, 1.165) is 12.0 Å². The van der Waals surface area contributed by atoms with Gasteiger partial charge in [0.25, 0.3) is 0 Å². The highest BCUT2D eigenvalue weighted by Crippen LogP contribution is 2.37. The third kappa shape index (κ3) is 2.20. The van der Waals surface area contributed by atoms with Crippen LogP contribution in [0.5, 0.6) is 0 Å². The van der Waals surface area contributed by atoms with Crippen molar-refractivity contribution in [1.82, 2.24) is 0 Å². The molecule has 0 bridgehead atoms. The summed E-state index contributed by atoms with van der Waals surface area (Å²) in [6.07, 6.45) is 1.31. The molecule has 1 atom stereocenters. The summed E-state index contributed by atoms with van der Waals surface area (Å²) in [4.78, 5) is 10.3. The Hall–Kier alpha value is -0.900. The molecule has 1 fully saturated rings. The summed E-state index contributed by atoms with van der Waals surface area (Å²) in [6, 6.07) is 9.32. The average Bonchev–Trinajstić information content (AvgIpc) is 2.24. The van der Waals surface area contributed by atoms with Crippen molar-refractivity contribution >= 4 is 0 Å². The van der Waals surface area contributed by atoms with E-state index in [-0.39, 0.29) is 5.60 Å². The SMILES string of the molecule is CC1(C)CCC(O)(c2ccccc2)OO1. The van der Waals surface area contributed by atoms with Gasteiger partial charge >= 0.3 is 0 Å². The second kappa shape index (κ2) is 3.59. The van der Waals surface area contributed by atoms with Gasteiger partial charge in [0.15, 0.2) is 0 Å². The minimum Gasteiger partial charge on any atom is -0.360 e. The van der Waals surface area contributed by atoms with Crippen molar-refractivity contribution in [3.8, 4) is 0 Å². The lowest BCUT2D eigenvalue weighted by Crippen LogP contribution is -2.42. The molecule has 3 heteroatoms. The third-order valence-electron chi connectivity index (χ3n) is 2.70. The number of benzene rings is 1. The van der Waals surface area contributed by atoms with E-state index in [9.17, 15) is 5.11 Å². The molecule has 0 saturated carbocycles. The van der Waals surface area contributed by atoms with Crippen LogP contribution in [0.2, 0.25) is 0 Å². The second-order valence-corrected chi connectivity index (χ2v) is 4.58. The molecule has 15 heavy (non-hydrogen) atoms. The lowest BCUT2D eigenvalue weighted by molar-refractivity contribution is -0.487. The predicted octanol–water partition coefficient (Wildman–Crippen LogP) is 2.35. The Bertz CT molecular complexity index is 322. The lowest BCUT2D eigenvalue weighted by atomic mass is 9.93. The first-order valence-corrected chi connectivity index (χ1v) is 5.17. The van der Waals surface area contributed by atoms with Gasteiger partial charge in [0, 0.05) is 12.0 Å². The zero-order chi connectivity index (χ0) is 10.9. The highest BCUT2D eigenvalue weighted by Gasteiger charge is 2.40. The van der Waals surface area contributed by atoms with E-state index in [1.165, 1.54) is 0 Å². The van der Waals surface area contributed by atoms with E-state index >= 15 is 0 Å². The lowest BCUT2D eigenvalue weighted by Gasteiger charge is -2.38. The molecule has 1 N–H and O–H groups in total. The van der Waals surface area contributed by atoms with E-state index in [4.69, 9.17) is 9.78 Å². The smallest absolute Gasteiger partial charge is 0.225 e. The van der Waals surface area contributed by atoms with Crippen molar-refractivity contribution in [2.45, 2.75) is 38.1 Å². The monoisotopic (exact) mass is 208 g/mol. The van der Waals surface area contributed by atoms with Gasteiger partial charge in [-0.1, -0.05) is 30.3 Å². The Labute approximate surface area is 89.6 Å². The summed E-state index contributed by atoms with van der Waals surface area (Å²) in [7, 11) is 0. The van der Waals surface area contributed by atoms with Crippen molar-refractivity contribution in [1.29, 1.82) is 0 Å². The maximum absolute atomic E-state index is 10.2. The van der Waals surface area contributed by atoms with Crippen molar-refractivity contribution in [2.24, 2.45) is 0 Å². The third-order valence-corrected chi connectivity index (χ3v) is 2.70. The van der Waals surface area contributed by atoms with Crippen LogP contribution >= 0.6 is 0 Å². The topological polar surface area (TPSA) is 38.7 Å². The van der Waals surface area contributed by atoms with Gasteiger partial charge < -0.3 is 5.11 Å². The standard InChI is InChI=1S/C12H16O3/c1-11(2)8-9-12(13,15-14-11)10-6-4-3-5-7-10/h3-7,13H,8-9H2,1-2H3. The molecule has 82 valence electrons. The molecule has 1 saturated heterocycles. The largest absolute Gasteiger partial charge is 0.360 e. The zero-order valence-electron chi connectivity index (χ0n) is 9.06. The fraction of sp³-hybridized carbons (Fsp3) is 0.500. The number of hydrogen-bond donors (Lipinski definition) is 1. The Kier molecular flexibility index (Phi) is 2.54. The molecule has 0 amide bonds. The van der Waals surface area contributed by atoms with Gasteiger partial charge in [0.05, 0.1) is 5.60 Å².